The van der Waals surface area contributed by atoms with Gasteiger partial charge in [0, 0.05) is 12.7 Å². The molecule has 0 aromatic carbocycles. The van der Waals surface area contributed by atoms with Gasteiger partial charge in [0.05, 0.1) is 24.3 Å². The van der Waals surface area contributed by atoms with Crippen molar-refractivity contribution in [1.82, 2.24) is 10.3 Å². The molecule has 2 rings (SSSR count). The predicted molar refractivity (Wildman–Crippen MR) is 71.7 cm³/mol. The second-order valence-corrected chi connectivity index (χ2v) is 5.05. The van der Waals surface area contributed by atoms with Crippen LogP contribution in [0.25, 0.3) is 0 Å². The number of ether oxygens (including phenoxy) is 1. The van der Waals surface area contributed by atoms with E-state index in [0.29, 0.717) is 24.2 Å². The summed E-state index contributed by atoms with van der Waals surface area (Å²) < 4.78 is 5.07. The van der Waals surface area contributed by atoms with Crippen LogP contribution in [0.5, 0.6) is 5.75 Å². The van der Waals surface area contributed by atoms with Crippen molar-refractivity contribution in [3.05, 3.63) is 24.0 Å². The topological polar surface area (TPSA) is 88.5 Å². The number of pyridine rings is 1. The summed E-state index contributed by atoms with van der Waals surface area (Å²) in [5, 5.41) is 12.1. The number of hydrogen-bond acceptors (Lipinski definition) is 4. The molecule has 6 nitrogen and oxygen atoms in total. The molecule has 6 heteroatoms. The molecule has 1 aromatic rings. The number of amides is 1. The van der Waals surface area contributed by atoms with E-state index in [-0.39, 0.29) is 12.5 Å². The van der Waals surface area contributed by atoms with Crippen molar-refractivity contribution in [3.8, 4) is 5.75 Å². The van der Waals surface area contributed by atoms with Gasteiger partial charge in [-0.25, -0.2) is 0 Å². The predicted octanol–water partition coefficient (Wildman–Crippen LogP) is 1.46. The van der Waals surface area contributed by atoms with Gasteiger partial charge in [-0.1, -0.05) is 12.8 Å². The quantitative estimate of drug-likeness (QED) is 0.851. The Morgan fingerprint density at radius 3 is 2.75 bits per heavy atom. The lowest BCUT2D eigenvalue weighted by molar-refractivity contribution is -0.148. The van der Waals surface area contributed by atoms with Crippen LogP contribution < -0.4 is 10.1 Å². The van der Waals surface area contributed by atoms with E-state index in [9.17, 15) is 14.7 Å². The van der Waals surface area contributed by atoms with Gasteiger partial charge in [-0.3, -0.25) is 14.6 Å². The van der Waals surface area contributed by atoms with Crippen LogP contribution in [-0.2, 0) is 4.79 Å². The van der Waals surface area contributed by atoms with Gasteiger partial charge < -0.3 is 15.2 Å². The zero-order chi connectivity index (χ0) is 14.6. The van der Waals surface area contributed by atoms with E-state index in [4.69, 9.17) is 4.74 Å². The summed E-state index contributed by atoms with van der Waals surface area (Å²) in [5.74, 6) is -0.797. The monoisotopic (exact) mass is 278 g/mol. The van der Waals surface area contributed by atoms with Gasteiger partial charge >= 0.3 is 5.97 Å². The number of nitrogens with one attached hydrogen (secondary N) is 1. The normalized spacial score (nSPS) is 16.6. The lowest BCUT2D eigenvalue weighted by atomic mass is 9.86. The highest BCUT2D eigenvalue weighted by molar-refractivity contribution is 5.97. The number of nitrogens with zero attached hydrogens (tertiary/aromatic N) is 1. The molecule has 2 N–H and O–H groups in total. The molecule has 0 bridgehead atoms. The van der Waals surface area contributed by atoms with Crippen LogP contribution in [0.2, 0.25) is 0 Å². The van der Waals surface area contributed by atoms with E-state index in [2.05, 4.69) is 10.3 Å². The molecule has 1 heterocycles. The summed E-state index contributed by atoms with van der Waals surface area (Å²) >= 11 is 0. The molecule has 1 amide bonds. The molecule has 0 saturated heterocycles. The van der Waals surface area contributed by atoms with Crippen molar-refractivity contribution in [2.75, 3.05) is 13.7 Å². The highest BCUT2D eigenvalue weighted by Crippen LogP contribution is 2.37. The van der Waals surface area contributed by atoms with Gasteiger partial charge in [0.1, 0.15) is 5.75 Å². The summed E-state index contributed by atoms with van der Waals surface area (Å²) in [6.07, 6.45) is 5.95. The van der Waals surface area contributed by atoms with Crippen LogP contribution >= 0.6 is 0 Å². The largest absolute Gasteiger partial charge is 0.494 e. The molecular weight excluding hydrogens is 260 g/mol. The standard InChI is InChI=1S/C14H18N2O4/c1-20-11-8-15-7-4-10(11)12(17)16-9-14(13(18)19)5-2-3-6-14/h4,7-8H,2-3,5-6,9H2,1H3,(H,16,17)(H,18,19). The summed E-state index contributed by atoms with van der Waals surface area (Å²) in [7, 11) is 1.46. The molecule has 108 valence electrons. The van der Waals surface area contributed by atoms with Crippen LogP contribution in [0.4, 0.5) is 0 Å². The van der Waals surface area contributed by atoms with E-state index in [1.54, 1.807) is 6.07 Å². The maximum Gasteiger partial charge on any atom is 0.311 e. The average molecular weight is 278 g/mol. The molecule has 20 heavy (non-hydrogen) atoms. The number of carboxylic acids is 1. The molecule has 0 unspecified atom stereocenters. The number of aliphatic carboxylic acids is 1. The van der Waals surface area contributed by atoms with Crippen molar-refractivity contribution in [1.29, 1.82) is 0 Å². The number of hydrogen-bond donors (Lipinski definition) is 2. The van der Waals surface area contributed by atoms with Gasteiger partial charge in [-0.15, -0.1) is 0 Å². The maximum atomic E-state index is 12.1. The maximum absolute atomic E-state index is 12.1. The number of carbonyl (C=O) groups excluding carboxylic acids is 1. The lowest BCUT2D eigenvalue weighted by Gasteiger charge is -2.24. The summed E-state index contributed by atoms with van der Waals surface area (Å²) in [5.41, 5.74) is -0.461. The average Bonchev–Trinajstić information content (AvgIpc) is 2.95. The minimum Gasteiger partial charge on any atom is -0.494 e. The van der Waals surface area contributed by atoms with Crippen molar-refractivity contribution >= 4 is 11.9 Å². The molecule has 0 spiro atoms. The number of rotatable bonds is 5. The van der Waals surface area contributed by atoms with Crippen molar-refractivity contribution in [2.24, 2.45) is 5.41 Å². The van der Waals surface area contributed by atoms with Crippen LogP contribution in [0, 0.1) is 5.41 Å². The second kappa shape index (κ2) is 5.90. The first-order chi connectivity index (χ1) is 9.59. The molecule has 1 saturated carbocycles. The third-order valence-corrected chi connectivity index (χ3v) is 3.85. The molecule has 0 aliphatic heterocycles. The lowest BCUT2D eigenvalue weighted by Crippen LogP contribution is -2.41. The first-order valence-corrected chi connectivity index (χ1v) is 6.59. The van der Waals surface area contributed by atoms with Crippen LogP contribution in [0.1, 0.15) is 36.0 Å². The first-order valence-electron chi connectivity index (χ1n) is 6.59. The molecule has 0 atom stereocenters. The third-order valence-electron chi connectivity index (χ3n) is 3.85. The molecule has 1 fully saturated rings. The van der Waals surface area contributed by atoms with Gasteiger partial charge in [0.2, 0.25) is 0 Å². The van der Waals surface area contributed by atoms with Crippen molar-refractivity contribution < 1.29 is 19.4 Å². The van der Waals surface area contributed by atoms with Crippen molar-refractivity contribution in [3.63, 3.8) is 0 Å². The Bertz CT molecular complexity index is 510. The fourth-order valence-corrected chi connectivity index (χ4v) is 2.59. The Balaban J connectivity index is 2.06. The smallest absolute Gasteiger partial charge is 0.311 e. The fraction of sp³-hybridized carbons (Fsp3) is 0.500. The van der Waals surface area contributed by atoms with Crippen LogP contribution in [0.3, 0.4) is 0 Å². The number of carbonyl (C=O) groups is 2. The first kappa shape index (κ1) is 14.3. The minimum atomic E-state index is -0.836. The van der Waals surface area contributed by atoms with E-state index in [0.717, 1.165) is 12.8 Å². The Morgan fingerprint density at radius 1 is 1.45 bits per heavy atom. The molecule has 1 aromatic heterocycles. The molecule has 0 radical (unpaired) electrons. The van der Waals surface area contributed by atoms with Crippen molar-refractivity contribution in [2.45, 2.75) is 25.7 Å². The van der Waals surface area contributed by atoms with Gasteiger partial charge in [0.15, 0.2) is 0 Å². The fourth-order valence-electron chi connectivity index (χ4n) is 2.59. The number of aromatic nitrogens is 1. The summed E-state index contributed by atoms with van der Waals surface area (Å²) in [6, 6.07) is 1.55. The Labute approximate surface area is 117 Å². The molecule has 1 aliphatic carbocycles. The second-order valence-electron chi connectivity index (χ2n) is 5.05. The highest BCUT2D eigenvalue weighted by Gasteiger charge is 2.41. The van der Waals surface area contributed by atoms with E-state index >= 15 is 0 Å². The number of carboxylic acid groups (broad SMARTS) is 1. The SMILES string of the molecule is COc1cnccc1C(=O)NCC1(C(=O)O)CCCC1. The van der Waals surface area contributed by atoms with E-state index in [1.165, 1.54) is 19.5 Å². The minimum absolute atomic E-state index is 0.145. The highest BCUT2D eigenvalue weighted by atomic mass is 16.5. The van der Waals surface area contributed by atoms with Gasteiger partial charge in [0.25, 0.3) is 5.91 Å². The summed E-state index contributed by atoms with van der Waals surface area (Å²) in [6.45, 7) is 0.145. The summed E-state index contributed by atoms with van der Waals surface area (Å²) in [4.78, 5) is 27.4. The van der Waals surface area contributed by atoms with Gasteiger partial charge in [-0.05, 0) is 18.9 Å². The number of methoxy groups -OCH3 is 1. The van der Waals surface area contributed by atoms with Crippen LogP contribution in [-0.4, -0.2) is 35.6 Å². The Hall–Kier alpha value is -2.11. The molecular formula is C14H18N2O4. The Morgan fingerprint density at radius 2 is 2.15 bits per heavy atom. The zero-order valence-electron chi connectivity index (χ0n) is 11.4. The van der Waals surface area contributed by atoms with Crippen LogP contribution in [0.15, 0.2) is 18.5 Å². The van der Waals surface area contributed by atoms with E-state index in [1.807, 2.05) is 0 Å². The van der Waals surface area contributed by atoms with Gasteiger partial charge in [-0.2, -0.15) is 0 Å². The third kappa shape index (κ3) is 2.74. The zero-order valence-corrected chi connectivity index (χ0v) is 11.4. The Kier molecular flexibility index (Phi) is 4.22. The van der Waals surface area contributed by atoms with E-state index < -0.39 is 11.4 Å². The molecule has 1 aliphatic rings.